The van der Waals surface area contributed by atoms with Crippen LogP contribution in [-0.2, 0) is 11.3 Å². The molecule has 1 aromatic rings. The quantitative estimate of drug-likeness (QED) is 0.928. The lowest BCUT2D eigenvalue weighted by Crippen LogP contribution is -2.54. The summed E-state index contributed by atoms with van der Waals surface area (Å²) >= 11 is 0. The fourth-order valence-electron chi connectivity index (χ4n) is 2.91. The first kappa shape index (κ1) is 16.8. The number of hydrogen-bond acceptors (Lipinski definition) is 3. The zero-order valence-corrected chi connectivity index (χ0v) is 14.1. The van der Waals surface area contributed by atoms with Crippen molar-refractivity contribution in [3.05, 3.63) is 35.9 Å². The molecule has 2 rings (SSSR count). The molecule has 4 nitrogen and oxygen atoms in total. The molecule has 4 heteroatoms. The van der Waals surface area contributed by atoms with Gasteiger partial charge < -0.3 is 10.1 Å². The van der Waals surface area contributed by atoms with E-state index in [1.54, 1.807) is 0 Å². The van der Waals surface area contributed by atoms with E-state index in [1.807, 2.05) is 26.8 Å². The first-order chi connectivity index (χ1) is 10.3. The molecule has 1 amide bonds. The van der Waals surface area contributed by atoms with E-state index in [4.69, 9.17) is 4.74 Å². The Bertz CT molecular complexity index is 482. The average Bonchev–Trinajstić information content (AvgIpc) is 2.42. The fourth-order valence-corrected chi connectivity index (χ4v) is 2.91. The zero-order chi connectivity index (χ0) is 16.2. The van der Waals surface area contributed by atoms with Crippen molar-refractivity contribution >= 4 is 6.09 Å². The summed E-state index contributed by atoms with van der Waals surface area (Å²) in [6, 6.07) is 10.9. The molecule has 0 aliphatic carbocycles. The highest BCUT2D eigenvalue weighted by molar-refractivity contribution is 5.68. The Morgan fingerprint density at radius 2 is 2.00 bits per heavy atom. The lowest BCUT2D eigenvalue weighted by molar-refractivity contribution is 0.0416. The predicted octanol–water partition coefficient (Wildman–Crippen LogP) is 3.56. The van der Waals surface area contributed by atoms with Crippen molar-refractivity contribution in [2.24, 2.45) is 0 Å². The van der Waals surface area contributed by atoms with Crippen molar-refractivity contribution in [2.45, 2.75) is 64.8 Å². The normalized spacial score (nSPS) is 23.1. The summed E-state index contributed by atoms with van der Waals surface area (Å²) in [6.07, 6.45) is 1.79. The van der Waals surface area contributed by atoms with Crippen molar-refractivity contribution in [1.82, 2.24) is 10.2 Å². The van der Waals surface area contributed by atoms with Gasteiger partial charge in [0.2, 0.25) is 0 Å². The van der Waals surface area contributed by atoms with Crippen molar-refractivity contribution < 1.29 is 9.53 Å². The molecule has 0 spiro atoms. The van der Waals surface area contributed by atoms with Gasteiger partial charge in [0.15, 0.2) is 0 Å². The third-order valence-corrected chi connectivity index (χ3v) is 4.05. The molecule has 0 bridgehead atoms. The summed E-state index contributed by atoms with van der Waals surface area (Å²) in [6.45, 7) is 9.84. The Balaban J connectivity index is 1.92. The van der Waals surface area contributed by atoms with Gasteiger partial charge in [-0.05, 0) is 52.6 Å². The summed E-state index contributed by atoms with van der Waals surface area (Å²) < 4.78 is 5.37. The van der Waals surface area contributed by atoms with Gasteiger partial charge in [-0.2, -0.15) is 0 Å². The van der Waals surface area contributed by atoms with Gasteiger partial charge in [0, 0.05) is 18.6 Å². The van der Waals surface area contributed by atoms with Crippen LogP contribution in [0, 0.1) is 0 Å². The van der Waals surface area contributed by atoms with Crippen LogP contribution in [-0.4, -0.2) is 35.2 Å². The van der Waals surface area contributed by atoms with Crippen LogP contribution in [0.3, 0.4) is 0 Å². The molecular weight excluding hydrogens is 276 g/mol. The Kier molecular flexibility index (Phi) is 5.46. The van der Waals surface area contributed by atoms with Gasteiger partial charge in [0.1, 0.15) is 5.60 Å². The number of carbonyl (C=O) groups is 1. The monoisotopic (exact) mass is 304 g/mol. The molecule has 1 N–H and O–H groups in total. The average molecular weight is 304 g/mol. The number of hydrogen-bond donors (Lipinski definition) is 1. The summed E-state index contributed by atoms with van der Waals surface area (Å²) in [5.41, 5.74) is 0.860. The third-order valence-electron chi connectivity index (χ3n) is 4.05. The Labute approximate surface area is 133 Å². The van der Waals surface area contributed by atoms with E-state index < -0.39 is 5.60 Å². The summed E-state index contributed by atoms with van der Waals surface area (Å²) in [5.74, 6) is 0. The molecule has 1 aliphatic heterocycles. The van der Waals surface area contributed by atoms with Gasteiger partial charge in [-0.25, -0.2) is 4.79 Å². The van der Waals surface area contributed by atoms with Crippen molar-refractivity contribution in [3.8, 4) is 0 Å². The maximum absolute atomic E-state index is 12.0. The second kappa shape index (κ2) is 7.14. The van der Waals surface area contributed by atoms with E-state index in [-0.39, 0.29) is 12.1 Å². The highest BCUT2D eigenvalue weighted by Gasteiger charge is 2.30. The molecule has 2 atom stereocenters. The lowest BCUT2D eigenvalue weighted by Gasteiger charge is -2.39. The Morgan fingerprint density at radius 3 is 2.64 bits per heavy atom. The molecule has 1 fully saturated rings. The number of benzene rings is 1. The molecule has 0 aromatic heterocycles. The van der Waals surface area contributed by atoms with Gasteiger partial charge in [-0.1, -0.05) is 30.3 Å². The van der Waals surface area contributed by atoms with Crippen LogP contribution < -0.4 is 5.32 Å². The number of ether oxygens (including phenoxy) is 1. The standard InChI is InChI=1S/C18H28N2O2/c1-14-16(19-17(21)22-18(2,3)4)11-8-12-20(14)13-15-9-6-5-7-10-15/h5-7,9-10,14,16H,8,11-13H2,1-4H3,(H,19,21)/t14-,16+/m0/s1. The molecule has 22 heavy (non-hydrogen) atoms. The molecule has 1 aliphatic rings. The molecule has 0 radical (unpaired) electrons. The Morgan fingerprint density at radius 1 is 1.32 bits per heavy atom. The van der Waals surface area contributed by atoms with Crippen LogP contribution in [0.2, 0.25) is 0 Å². The topological polar surface area (TPSA) is 41.6 Å². The maximum atomic E-state index is 12.0. The minimum absolute atomic E-state index is 0.146. The largest absolute Gasteiger partial charge is 0.444 e. The minimum atomic E-state index is -0.453. The number of piperidine rings is 1. The van der Waals surface area contributed by atoms with Crippen molar-refractivity contribution in [1.29, 1.82) is 0 Å². The number of rotatable bonds is 3. The minimum Gasteiger partial charge on any atom is -0.444 e. The number of amides is 1. The highest BCUT2D eigenvalue weighted by atomic mass is 16.6. The van der Waals surface area contributed by atoms with Gasteiger partial charge in [-0.15, -0.1) is 0 Å². The van der Waals surface area contributed by atoms with Gasteiger partial charge in [0.05, 0.1) is 0 Å². The molecule has 1 heterocycles. The number of alkyl carbamates (subject to hydrolysis) is 1. The van der Waals surface area contributed by atoms with Gasteiger partial charge in [0.25, 0.3) is 0 Å². The predicted molar refractivity (Wildman–Crippen MR) is 88.7 cm³/mol. The third kappa shape index (κ3) is 5.02. The second-order valence-electron chi connectivity index (χ2n) is 7.09. The van der Waals surface area contributed by atoms with Crippen LogP contribution in [0.1, 0.15) is 46.1 Å². The van der Waals surface area contributed by atoms with Crippen LogP contribution in [0.5, 0.6) is 0 Å². The molecule has 1 saturated heterocycles. The van der Waals surface area contributed by atoms with Crippen molar-refractivity contribution in [2.75, 3.05) is 6.54 Å². The molecule has 122 valence electrons. The van der Waals surface area contributed by atoms with E-state index in [1.165, 1.54) is 5.56 Å². The van der Waals surface area contributed by atoms with Crippen LogP contribution in [0.4, 0.5) is 4.79 Å². The summed E-state index contributed by atoms with van der Waals surface area (Å²) in [5, 5.41) is 3.04. The number of nitrogens with zero attached hydrogens (tertiary/aromatic N) is 1. The van der Waals surface area contributed by atoms with Crippen LogP contribution in [0.15, 0.2) is 30.3 Å². The van der Waals surface area contributed by atoms with E-state index in [2.05, 4.69) is 41.4 Å². The first-order valence-electron chi connectivity index (χ1n) is 8.12. The zero-order valence-electron chi connectivity index (χ0n) is 14.1. The van der Waals surface area contributed by atoms with E-state index in [0.717, 1.165) is 25.9 Å². The lowest BCUT2D eigenvalue weighted by atomic mass is 9.97. The smallest absolute Gasteiger partial charge is 0.407 e. The van der Waals surface area contributed by atoms with E-state index >= 15 is 0 Å². The molecule has 0 saturated carbocycles. The first-order valence-corrected chi connectivity index (χ1v) is 8.12. The molecule has 1 aromatic carbocycles. The van der Waals surface area contributed by atoms with Crippen molar-refractivity contribution in [3.63, 3.8) is 0 Å². The fraction of sp³-hybridized carbons (Fsp3) is 0.611. The second-order valence-corrected chi connectivity index (χ2v) is 7.09. The number of nitrogens with one attached hydrogen (secondary N) is 1. The maximum Gasteiger partial charge on any atom is 0.407 e. The van der Waals surface area contributed by atoms with Gasteiger partial charge >= 0.3 is 6.09 Å². The van der Waals surface area contributed by atoms with Crippen LogP contribution in [0.25, 0.3) is 0 Å². The highest BCUT2D eigenvalue weighted by Crippen LogP contribution is 2.20. The van der Waals surface area contributed by atoms with E-state index in [9.17, 15) is 4.79 Å². The summed E-state index contributed by atoms with van der Waals surface area (Å²) in [7, 11) is 0. The van der Waals surface area contributed by atoms with E-state index in [0.29, 0.717) is 6.04 Å². The Hall–Kier alpha value is -1.55. The molecular formula is C18H28N2O2. The number of likely N-dealkylation sites (tertiary alicyclic amines) is 1. The number of carbonyl (C=O) groups excluding carboxylic acids is 1. The van der Waals surface area contributed by atoms with Gasteiger partial charge in [-0.3, -0.25) is 4.90 Å². The SMILES string of the molecule is C[C@H]1[C@H](NC(=O)OC(C)(C)C)CCCN1Cc1ccccc1. The van der Waals surface area contributed by atoms with Crippen LogP contribution >= 0.6 is 0 Å². The summed E-state index contributed by atoms with van der Waals surface area (Å²) in [4.78, 5) is 14.4. The molecule has 0 unspecified atom stereocenters.